The summed E-state index contributed by atoms with van der Waals surface area (Å²) in [6, 6.07) is 8.65. The molecule has 132 valence electrons. The van der Waals surface area contributed by atoms with E-state index in [1.807, 2.05) is 0 Å². The number of carbonyl (C=O) groups excluding carboxylic acids is 1. The molecule has 0 spiro atoms. The molecule has 2 aromatic rings. The van der Waals surface area contributed by atoms with Crippen LogP contribution < -0.4 is 10.0 Å². The van der Waals surface area contributed by atoms with Gasteiger partial charge < -0.3 is 5.73 Å². The van der Waals surface area contributed by atoms with Crippen LogP contribution in [0.2, 0.25) is 10.0 Å². The Hall–Kier alpha value is -2.36. The highest BCUT2D eigenvalue weighted by molar-refractivity contribution is 7.92. The summed E-state index contributed by atoms with van der Waals surface area (Å²) >= 11 is 12.1. The molecule has 2 rings (SSSR count). The Morgan fingerprint density at radius 1 is 1.16 bits per heavy atom. The second-order valence-electron chi connectivity index (χ2n) is 4.80. The van der Waals surface area contributed by atoms with Gasteiger partial charge >= 0.3 is 0 Å². The minimum atomic E-state index is -4.39. The molecule has 2 N–H and O–H groups in total. The third-order valence-electron chi connectivity index (χ3n) is 3.10. The average Bonchev–Trinajstić information content (AvgIpc) is 2.53. The monoisotopic (exact) mass is 403 g/mol. The predicted octanol–water partition coefficient (Wildman–Crippen LogP) is 2.58. The maximum absolute atomic E-state index is 12.9. The number of halogens is 2. The topological polar surface area (TPSA) is 124 Å². The summed E-state index contributed by atoms with van der Waals surface area (Å²) < 4.78 is 26.5. The highest BCUT2D eigenvalue weighted by Gasteiger charge is 2.30. The van der Waals surface area contributed by atoms with Crippen LogP contribution in [0, 0.1) is 10.1 Å². The first-order valence-electron chi connectivity index (χ1n) is 6.64. The zero-order valence-electron chi connectivity index (χ0n) is 12.4. The van der Waals surface area contributed by atoms with Gasteiger partial charge in [-0.15, -0.1) is 0 Å². The first-order valence-corrected chi connectivity index (χ1v) is 8.83. The van der Waals surface area contributed by atoms with Gasteiger partial charge in [0.2, 0.25) is 5.91 Å². The van der Waals surface area contributed by atoms with Crippen LogP contribution >= 0.6 is 23.2 Å². The molecule has 0 radical (unpaired) electrons. The average molecular weight is 404 g/mol. The van der Waals surface area contributed by atoms with E-state index in [4.69, 9.17) is 28.9 Å². The number of hydrogen-bond acceptors (Lipinski definition) is 5. The Kier molecular flexibility index (Phi) is 5.51. The predicted molar refractivity (Wildman–Crippen MR) is 93.3 cm³/mol. The number of nitro groups is 1. The Balaban J connectivity index is 2.67. The largest absolute Gasteiger partial charge is 0.368 e. The van der Waals surface area contributed by atoms with Crippen molar-refractivity contribution in [1.29, 1.82) is 0 Å². The number of nitrogens with zero attached hydrogens (tertiary/aromatic N) is 2. The van der Waals surface area contributed by atoms with Crippen molar-refractivity contribution in [1.82, 2.24) is 0 Å². The van der Waals surface area contributed by atoms with E-state index >= 15 is 0 Å². The van der Waals surface area contributed by atoms with Crippen LogP contribution in [0.1, 0.15) is 0 Å². The van der Waals surface area contributed by atoms with Gasteiger partial charge in [-0.2, -0.15) is 0 Å². The number of carbonyl (C=O) groups is 1. The molecule has 11 heteroatoms. The van der Waals surface area contributed by atoms with Gasteiger partial charge in [-0.05, 0) is 18.2 Å². The number of benzene rings is 2. The lowest BCUT2D eigenvalue weighted by atomic mass is 10.3. The summed E-state index contributed by atoms with van der Waals surface area (Å²) in [5.41, 5.74) is 4.58. The molecule has 0 heterocycles. The summed E-state index contributed by atoms with van der Waals surface area (Å²) in [6.45, 7) is -0.742. The van der Waals surface area contributed by atoms with Gasteiger partial charge in [0.1, 0.15) is 6.54 Å². The molecular formula is C14H11Cl2N3O5S. The zero-order chi connectivity index (χ0) is 18.8. The molecule has 25 heavy (non-hydrogen) atoms. The SMILES string of the molecule is NC(=O)CN(c1c(Cl)cccc1Cl)S(=O)(=O)c1cccc([N+](=O)[O-])c1. The number of nitro benzene ring substituents is 1. The number of para-hydroxylation sites is 1. The summed E-state index contributed by atoms with van der Waals surface area (Å²) in [6.07, 6.45) is 0. The highest BCUT2D eigenvalue weighted by atomic mass is 35.5. The van der Waals surface area contributed by atoms with Crippen LogP contribution in [0.15, 0.2) is 47.4 Å². The van der Waals surface area contributed by atoms with Crippen LogP contribution in [0.3, 0.4) is 0 Å². The van der Waals surface area contributed by atoms with Gasteiger partial charge in [0.05, 0.1) is 25.6 Å². The van der Waals surface area contributed by atoms with Crippen LogP contribution in [0.5, 0.6) is 0 Å². The van der Waals surface area contributed by atoms with Crippen molar-refractivity contribution >= 4 is 50.5 Å². The van der Waals surface area contributed by atoms with Crippen molar-refractivity contribution in [3.63, 3.8) is 0 Å². The molecule has 0 atom stereocenters. The molecule has 0 aliphatic carbocycles. The van der Waals surface area contributed by atoms with Gasteiger partial charge in [0.15, 0.2) is 0 Å². The van der Waals surface area contributed by atoms with E-state index in [1.54, 1.807) is 0 Å². The van der Waals surface area contributed by atoms with Crippen LogP contribution in [-0.4, -0.2) is 25.8 Å². The van der Waals surface area contributed by atoms with Gasteiger partial charge in [0.25, 0.3) is 15.7 Å². The van der Waals surface area contributed by atoms with Crippen molar-refractivity contribution in [3.8, 4) is 0 Å². The number of sulfonamides is 1. The van der Waals surface area contributed by atoms with Gasteiger partial charge in [-0.1, -0.05) is 35.3 Å². The number of rotatable bonds is 6. The van der Waals surface area contributed by atoms with Crippen molar-refractivity contribution in [3.05, 3.63) is 62.6 Å². The summed E-state index contributed by atoms with van der Waals surface area (Å²) in [5.74, 6) is -0.954. The normalized spacial score (nSPS) is 11.1. The maximum atomic E-state index is 12.9. The Bertz CT molecular complexity index is 929. The molecule has 8 nitrogen and oxygen atoms in total. The van der Waals surface area contributed by atoms with Crippen molar-refractivity contribution < 1.29 is 18.1 Å². The van der Waals surface area contributed by atoms with Crippen LogP contribution in [-0.2, 0) is 14.8 Å². The first kappa shape index (κ1) is 19.0. The minimum absolute atomic E-state index is 0.0252. The second kappa shape index (κ2) is 7.26. The fraction of sp³-hybridized carbons (Fsp3) is 0.0714. The number of amides is 1. The number of hydrogen-bond donors (Lipinski definition) is 1. The van der Waals surface area contributed by atoms with Crippen LogP contribution in [0.4, 0.5) is 11.4 Å². The molecule has 0 saturated heterocycles. The quantitative estimate of drug-likeness (QED) is 0.586. The molecule has 0 fully saturated rings. The molecule has 0 unspecified atom stereocenters. The van der Waals surface area contributed by atoms with Gasteiger partial charge in [0, 0.05) is 12.1 Å². The molecule has 0 aliphatic heterocycles. The third kappa shape index (κ3) is 4.01. The third-order valence-corrected chi connectivity index (χ3v) is 5.45. The highest BCUT2D eigenvalue weighted by Crippen LogP contribution is 2.37. The Morgan fingerprint density at radius 2 is 1.72 bits per heavy atom. The molecule has 1 amide bonds. The van der Waals surface area contributed by atoms with E-state index in [-0.39, 0.29) is 15.7 Å². The Morgan fingerprint density at radius 3 is 2.24 bits per heavy atom. The maximum Gasteiger partial charge on any atom is 0.270 e. The lowest BCUT2D eigenvalue weighted by Gasteiger charge is -2.25. The molecule has 0 saturated carbocycles. The lowest BCUT2D eigenvalue weighted by Crippen LogP contribution is -2.39. The number of non-ortho nitro benzene ring substituents is 1. The van der Waals surface area contributed by atoms with Crippen molar-refractivity contribution in [2.75, 3.05) is 10.8 Å². The van der Waals surface area contributed by atoms with Gasteiger partial charge in [-0.3, -0.25) is 19.2 Å². The zero-order valence-corrected chi connectivity index (χ0v) is 14.8. The van der Waals surface area contributed by atoms with Crippen molar-refractivity contribution in [2.24, 2.45) is 5.73 Å². The van der Waals surface area contributed by atoms with E-state index in [2.05, 4.69) is 0 Å². The summed E-state index contributed by atoms with van der Waals surface area (Å²) in [7, 11) is -4.39. The summed E-state index contributed by atoms with van der Waals surface area (Å²) in [5, 5.41) is 10.8. The van der Waals surface area contributed by atoms with Crippen molar-refractivity contribution in [2.45, 2.75) is 4.90 Å². The second-order valence-corrected chi connectivity index (χ2v) is 7.48. The Labute approximate surface area is 152 Å². The fourth-order valence-electron chi connectivity index (χ4n) is 2.04. The van der Waals surface area contributed by atoms with Gasteiger partial charge in [-0.25, -0.2) is 8.42 Å². The van der Waals surface area contributed by atoms with Crippen LogP contribution in [0.25, 0.3) is 0 Å². The number of anilines is 1. The van der Waals surface area contributed by atoms with E-state index in [1.165, 1.54) is 24.3 Å². The molecule has 2 aromatic carbocycles. The summed E-state index contributed by atoms with van der Waals surface area (Å²) in [4.78, 5) is 21.1. The van der Waals surface area contributed by atoms with E-state index in [9.17, 15) is 23.3 Å². The first-order chi connectivity index (χ1) is 11.6. The molecular weight excluding hydrogens is 393 g/mol. The fourth-order valence-corrected chi connectivity index (χ4v) is 4.25. The molecule has 0 aromatic heterocycles. The van der Waals surface area contributed by atoms with E-state index < -0.39 is 38.0 Å². The molecule has 0 aliphatic rings. The lowest BCUT2D eigenvalue weighted by molar-refractivity contribution is -0.385. The number of primary amides is 1. The minimum Gasteiger partial charge on any atom is -0.368 e. The van der Waals surface area contributed by atoms with E-state index in [0.717, 1.165) is 18.2 Å². The molecule has 0 bridgehead atoms. The standard InChI is InChI=1S/C14H11Cl2N3O5S/c15-11-5-2-6-12(16)14(11)18(8-13(17)20)25(23,24)10-4-1-3-9(7-10)19(21)22/h1-7H,8H2,(H2,17,20). The smallest absolute Gasteiger partial charge is 0.270 e. The number of nitrogens with two attached hydrogens (primary N) is 1. The van der Waals surface area contributed by atoms with E-state index in [0.29, 0.717) is 4.31 Å².